The first kappa shape index (κ1) is 11.0. The molecular formula is C9H8F4O. The third kappa shape index (κ3) is 2.45. The molecular weight excluding hydrogens is 200 g/mol. The van der Waals surface area contributed by atoms with Crippen LogP contribution in [0.5, 0.6) is 0 Å². The van der Waals surface area contributed by atoms with E-state index < -0.39 is 17.6 Å². The fourth-order valence-corrected chi connectivity index (χ4v) is 1.04. The first-order valence-corrected chi connectivity index (χ1v) is 3.79. The van der Waals surface area contributed by atoms with Crippen LogP contribution in [0.15, 0.2) is 18.2 Å². The summed E-state index contributed by atoms with van der Waals surface area (Å²) in [4.78, 5) is 0. The van der Waals surface area contributed by atoms with Gasteiger partial charge >= 0.3 is 6.18 Å². The highest BCUT2D eigenvalue weighted by atomic mass is 19.4. The minimum absolute atomic E-state index is 0.0923. The van der Waals surface area contributed by atoms with Gasteiger partial charge in [0.25, 0.3) is 0 Å². The zero-order chi connectivity index (χ0) is 10.8. The average Bonchev–Trinajstić information content (AvgIpc) is 2.02. The van der Waals surface area contributed by atoms with Gasteiger partial charge in [0.2, 0.25) is 0 Å². The zero-order valence-electron chi connectivity index (χ0n) is 7.36. The van der Waals surface area contributed by atoms with E-state index in [-0.39, 0.29) is 6.61 Å². The van der Waals surface area contributed by atoms with Crippen LogP contribution in [0.1, 0.15) is 11.1 Å². The van der Waals surface area contributed by atoms with Crippen molar-refractivity contribution in [1.29, 1.82) is 0 Å². The van der Waals surface area contributed by atoms with Gasteiger partial charge in [0.15, 0.2) is 0 Å². The van der Waals surface area contributed by atoms with Crippen molar-refractivity contribution in [2.24, 2.45) is 0 Å². The molecule has 0 radical (unpaired) electrons. The number of halogens is 4. The maximum Gasteiger partial charge on any atom is 0.419 e. The molecule has 0 aliphatic rings. The minimum atomic E-state index is -4.64. The van der Waals surface area contributed by atoms with Crippen LogP contribution in [-0.2, 0) is 17.5 Å². The SMILES string of the molecule is COCc1ccc(C(F)(F)F)c(F)c1. The standard InChI is InChI=1S/C9H8F4O/c1-14-5-6-2-3-7(8(10)4-6)9(11,12)13/h2-4H,5H2,1H3. The smallest absolute Gasteiger partial charge is 0.380 e. The topological polar surface area (TPSA) is 9.23 Å². The van der Waals surface area contributed by atoms with E-state index in [1.54, 1.807) is 0 Å². The Hall–Kier alpha value is -1.10. The molecule has 0 heterocycles. The quantitative estimate of drug-likeness (QED) is 0.679. The molecule has 0 saturated carbocycles. The van der Waals surface area contributed by atoms with Crippen LogP contribution in [0, 0.1) is 5.82 Å². The molecule has 78 valence electrons. The van der Waals surface area contributed by atoms with Crippen LogP contribution >= 0.6 is 0 Å². The van der Waals surface area contributed by atoms with Crippen LogP contribution in [0.3, 0.4) is 0 Å². The van der Waals surface area contributed by atoms with Crippen LogP contribution in [0.4, 0.5) is 17.6 Å². The van der Waals surface area contributed by atoms with Gasteiger partial charge in [-0.25, -0.2) is 4.39 Å². The normalized spacial score (nSPS) is 11.8. The van der Waals surface area contributed by atoms with E-state index >= 15 is 0 Å². The van der Waals surface area contributed by atoms with E-state index in [1.165, 1.54) is 13.2 Å². The van der Waals surface area contributed by atoms with Crippen LogP contribution in [-0.4, -0.2) is 7.11 Å². The monoisotopic (exact) mass is 208 g/mol. The van der Waals surface area contributed by atoms with E-state index in [4.69, 9.17) is 0 Å². The van der Waals surface area contributed by atoms with Gasteiger partial charge in [-0.05, 0) is 17.7 Å². The Morgan fingerprint density at radius 2 is 1.93 bits per heavy atom. The lowest BCUT2D eigenvalue weighted by atomic mass is 10.1. The van der Waals surface area contributed by atoms with Crippen molar-refractivity contribution < 1.29 is 22.3 Å². The van der Waals surface area contributed by atoms with Crippen LogP contribution in [0.25, 0.3) is 0 Å². The lowest BCUT2D eigenvalue weighted by molar-refractivity contribution is -0.140. The highest BCUT2D eigenvalue weighted by Crippen LogP contribution is 2.31. The predicted octanol–water partition coefficient (Wildman–Crippen LogP) is 2.99. The van der Waals surface area contributed by atoms with Gasteiger partial charge in [-0.15, -0.1) is 0 Å². The van der Waals surface area contributed by atoms with Crippen molar-refractivity contribution in [1.82, 2.24) is 0 Å². The number of hydrogen-bond acceptors (Lipinski definition) is 1. The Kier molecular flexibility index (Phi) is 3.10. The van der Waals surface area contributed by atoms with Crippen molar-refractivity contribution >= 4 is 0 Å². The van der Waals surface area contributed by atoms with Crippen molar-refractivity contribution in [3.05, 3.63) is 35.1 Å². The number of benzene rings is 1. The van der Waals surface area contributed by atoms with Gasteiger partial charge in [0.05, 0.1) is 12.2 Å². The summed E-state index contributed by atoms with van der Waals surface area (Å²) in [6, 6.07) is 2.73. The molecule has 0 spiro atoms. The molecule has 0 unspecified atom stereocenters. The van der Waals surface area contributed by atoms with E-state index in [0.29, 0.717) is 11.6 Å². The molecule has 0 saturated heterocycles. The first-order valence-electron chi connectivity index (χ1n) is 3.79. The van der Waals surface area contributed by atoms with Gasteiger partial charge < -0.3 is 4.74 Å². The summed E-state index contributed by atoms with van der Waals surface area (Å²) in [6.45, 7) is 0.0923. The van der Waals surface area contributed by atoms with E-state index in [0.717, 1.165) is 6.07 Å². The summed E-state index contributed by atoms with van der Waals surface area (Å²) in [7, 11) is 1.38. The summed E-state index contributed by atoms with van der Waals surface area (Å²) in [6.07, 6.45) is -4.64. The summed E-state index contributed by atoms with van der Waals surface area (Å²) < 4.78 is 53.8. The number of rotatable bonds is 2. The fourth-order valence-electron chi connectivity index (χ4n) is 1.04. The minimum Gasteiger partial charge on any atom is -0.380 e. The third-order valence-electron chi connectivity index (χ3n) is 1.65. The molecule has 0 bridgehead atoms. The molecule has 1 nitrogen and oxygen atoms in total. The van der Waals surface area contributed by atoms with Gasteiger partial charge in [0, 0.05) is 7.11 Å². The van der Waals surface area contributed by atoms with Crippen molar-refractivity contribution in [2.45, 2.75) is 12.8 Å². The van der Waals surface area contributed by atoms with Crippen molar-refractivity contribution in [3.8, 4) is 0 Å². The number of ether oxygens (including phenoxy) is 1. The molecule has 0 aliphatic carbocycles. The number of alkyl halides is 3. The van der Waals surface area contributed by atoms with E-state index in [1.807, 2.05) is 0 Å². The first-order chi connectivity index (χ1) is 6.45. The summed E-state index contributed by atoms with van der Waals surface area (Å²) in [5.41, 5.74) is -0.879. The summed E-state index contributed by atoms with van der Waals surface area (Å²) in [5, 5.41) is 0. The Labute approximate surface area is 78.3 Å². The maximum atomic E-state index is 12.9. The lowest BCUT2D eigenvalue weighted by Crippen LogP contribution is -2.08. The molecule has 0 aromatic heterocycles. The second-order valence-electron chi connectivity index (χ2n) is 2.74. The molecule has 1 aromatic carbocycles. The molecule has 0 fully saturated rings. The van der Waals surface area contributed by atoms with Gasteiger partial charge in [0.1, 0.15) is 5.82 Å². The Morgan fingerprint density at radius 3 is 2.36 bits per heavy atom. The molecule has 0 aliphatic heterocycles. The van der Waals surface area contributed by atoms with Gasteiger partial charge in [-0.2, -0.15) is 13.2 Å². The van der Waals surface area contributed by atoms with Gasteiger partial charge in [-0.1, -0.05) is 6.07 Å². The molecule has 5 heteroatoms. The largest absolute Gasteiger partial charge is 0.419 e. The van der Waals surface area contributed by atoms with E-state index in [9.17, 15) is 17.6 Å². The highest BCUT2D eigenvalue weighted by Gasteiger charge is 2.33. The number of methoxy groups -OCH3 is 1. The molecule has 1 rings (SSSR count). The average molecular weight is 208 g/mol. The summed E-state index contributed by atoms with van der Waals surface area (Å²) in [5.74, 6) is -1.27. The zero-order valence-corrected chi connectivity index (χ0v) is 7.36. The van der Waals surface area contributed by atoms with Crippen molar-refractivity contribution in [2.75, 3.05) is 7.11 Å². The second kappa shape index (κ2) is 3.96. The Balaban J connectivity index is 3.02. The molecule has 0 atom stereocenters. The molecule has 0 amide bonds. The number of hydrogen-bond donors (Lipinski definition) is 0. The second-order valence-corrected chi connectivity index (χ2v) is 2.74. The van der Waals surface area contributed by atoms with E-state index in [2.05, 4.69) is 4.74 Å². The van der Waals surface area contributed by atoms with Crippen LogP contribution < -0.4 is 0 Å². The molecule has 0 N–H and O–H groups in total. The fraction of sp³-hybridized carbons (Fsp3) is 0.333. The maximum absolute atomic E-state index is 12.9. The predicted molar refractivity (Wildman–Crippen MR) is 42.1 cm³/mol. The van der Waals surface area contributed by atoms with Gasteiger partial charge in [-0.3, -0.25) is 0 Å². The van der Waals surface area contributed by atoms with Crippen LogP contribution in [0.2, 0.25) is 0 Å². The Bertz CT molecular complexity index is 319. The molecule has 1 aromatic rings. The lowest BCUT2D eigenvalue weighted by Gasteiger charge is -2.08. The van der Waals surface area contributed by atoms with Crippen molar-refractivity contribution in [3.63, 3.8) is 0 Å². The molecule has 14 heavy (non-hydrogen) atoms. The summed E-state index contributed by atoms with van der Waals surface area (Å²) >= 11 is 0. The highest BCUT2D eigenvalue weighted by molar-refractivity contribution is 5.26. The Morgan fingerprint density at radius 1 is 1.29 bits per heavy atom. The third-order valence-corrected chi connectivity index (χ3v) is 1.65.